The summed E-state index contributed by atoms with van der Waals surface area (Å²) in [4.78, 5) is 2.37. The third-order valence-corrected chi connectivity index (χ3v) is 2.67. The van der Waals surface area contributed by atoms with Gasteiger partial charge >= 0.3 is 0 Å². The molecule has 0 unspecified atom stereocenters. The Hall–Kier alpha value is -0.520. The summed E-state index contributed by atoms with van der Waals surface area (Å²) in [6.45, 7) is 5.19. The van der Waals surface area contributed by atoms with Gasteiger partial charge in [-0.1, -0.05) is 5.16 Å². The van der Waals surface area contributed by atoms with Gasteiger partial charge in [-0.25, -0.2) is 0 Å². The van der Waals surface area contributed by atoms with Crippen LogP contribution in [0.15, 0.2) is 10.6 Å². The highest BCUT2D eigenvalue weighted by Crippen LogP contribution is 2.08. The number of piperazine rings is 1. The van der Waals surface area contributed by atoms with Crippen LogP contribution in [0.1, 0.15) is 11.5 Å². The Morgan fingerprint density at radius 2 is 2.29 bits per heavy atom. The molecule has 0 saturated carbocycles. The number of hydrogen-bond donors (Lipinski definition) is 2. The van der Waals surface area contributed by atoms with E-state index in [1.807, 2.05) is 6.07 Å². The molecule has 1 aromatic rings. The van der Waals surface area contributed by atoms with Crippen LogP contribution < -0.4 is 5.32 Å². The van der Waals surface area contributed by atoms with Crippen LogP contribution in [0, 0.1) is 0 Å². The third kappa shape index (κ3) is 2.50. The first-order valence-electron chi connectivity index (χ1n) is 4.87. The van der Waals surface area contributed by atoms with E-state index in [9.17, 15) is 0 Å². The smallest absolute Gasteiger partial charge is 0.146 e. The molecular weight excluding hydrogens is 198 g/mol. The lowest BCUT2D eigenvalue weighted by molar-refractivity contribution is 0.226. The van der Waals surface area contributed by atoms with E-state index in [0.717, 1.165) is 44.2 Å². The van der Waals surface area contributed by atoms with E-state index in [4.69, 9.17) is 4.52 Å². The number of nitrogens with one attached hydrogen (secondary N) is 1. The van der Waals surface area contributed by atoms with Crippen molar-refractivity contribution in [1.29, 1.82) is 0 Å². The predicted molar refractivity (Wildman–Crippen MR) is 57.3 cm³/mol. The van der Waals surface area contributed by atoms with E-state index >= 15 is 0 Å². The fourth-order valence-electron chi connectivity index (χ4n) is 1.60. The lowest BCUT2D eigenvalue weighted by Gasteiger charge is -2.25. The zero-order valence-electron chi connectivity index (χ0n) is 8.07. The summed E-state index contributed by atoms with van der Waals surface area (Å²) >= 11 is 4.13. The Balaban J connectivity index is 1.89. The standard InChI is InChI=1S/C9H15N3OS/c14-7-9-5-8(11-13-9)6-12-3-1-10-2-4-12/h5,10,14H,1-4,6-7H2. The molecule has 0 spiro atoms. The zero-order chi connectivity index (χ0) is 9.80. The molecule has 4 nitrogen and oxygen atoms in total. The quantitative estimate of drug-likeness (QED) is 0.718. The Morgan fingerprint density at radius 3 is 2.93 bits per heavy atom. The number of thiol groups is 1. The second kappa shape index (κ2) is 4.82. The summed E-state index contributed by atoms with van der Waals surface area (Å²) in [6, 6.07) is 1.98. The van der Waals surface area contributed by atoms with Gasteiger partial charge in [0.2, 0.25) is 0 Å². The van der Waals surface area contributed by atoms with Gasteiger partial charge in [0.1, 0.15) is 5.76 Å². The molecule has 1 aromatic heterocycles. The molecule has 0 aliphatic carbocycles. The highest BCUT2D eigenvalue weighted by molar-refractivity contribution is 7.79. The monoisotopic (exact) mass is 213 g/mol. The summed E-state index contributed by atoms with van der Waals surface area (Å²) in [5.74, 6) is 1.47. The Kier molecular flexibility index (Phi) is 3.44. The van der Waals surface area contributed by atoms with Crippen LogP contribution in [0.2, 0.25) is 0 Å². The van der Waals surface area contributed by atoms with Crippen molar-refractivity contribution in [2.75, 3.05) is 26.2 Å². The topological polar surface area (TPSA) is 41.3 Å². The second-order valence-electron chi connectivity index (χ2n) is 3.47. The number of rotatable bonds is 3. The van der Waals surface area contributed by atoms with Gasteiger partial charge in [-0.2, -0.15) is 12.6 Å². The summed E-state index contributed by atoms with van der Waals surface area (Å²) in [5, 5.41) is 7.31. The molecule has 78 valence electrons. The van der Waals surface area contributed by atoms with Gasteiger partial charge in [0.15, 0.2) is 0 Å². The summed E-state index contributed by atoms with van der Waals surface area (Å²) in [5.41, 5.74) is 1.01. The van der Waals surface area contributed by atoms with Gasteiger partial charge in [0.05, 0.1) is 11.4 Å². The molecule has 2 rings (SSSR count). The molecule has 0 amide bonds. The minimum atomic E-state index is 0.620. The van der Waals surface area contributed by atoms with Crippen molar-refractivity contribution < 1.29 is 4.52 Å². The number of hydrogen-bond acceptors (Lipinski definition) is 5. The van der Waals surface area contributed by atoms with Crippen LogP contribution in [-0.4, -0.2) is 36.2 Å². The fraction of sp³-hybridized carbons (Fsp3) is 0.667. The van der Waals surface area contributed by atoms with E-state index in [0.29, 0.717) is 5.75 Å². The van der Waals surface area contributed by atoms with E-state index in [2.05, 4.69) is 28.0 Å². The van der Waals surface area contributed by atoms with Crippen LogP contribution in [0.5, 0.6) is 0 Å². The van der Waals surface area contributed by atoms with Crippen LogP contribution in [0.25, 0.3) is 0 Å². The van der Waals surface area contributed by atoms with Gasteiger partial charge in [0, 0.05) is 38.8 Å². The normalized spacial score (nSPS) is 18.6. The molecule has 0 radical (unpaired) electrons. The summed E-state index contributed by atoms with van der Waals surface area (Å²) in [6.07, 6.45) is 0. The Morgan fingerprint density at radius 1 is 1.50 bits per heavy atom. The van der Waals surface area contributed by atoms with Crippen molar-refractivity contribution in [3.05, 3.63) is 17.5 Å². The fourth-order valence-corrected chi connectivity index (χ4v) is 1.75. The van der Waals surface area contributed by atoms with E-state index in [1.165, 1.54) is 0 Å². The molecule has 1 aliphatic rings. The minimum absolute atomic E-state index is 0.620. The summed E-state index contributed by atoms with van der Waals surface area (Å²) < 4.78 is 5.09. The maximum absolute atomic E-state index is 5.09. The predicted octanol–water partition coefficient (Wildman–Crippen LogP) is 0.510. The third-order valence-electron chi connectivity index (χ3n) is 2.36. The van der Waals surface area contributed by atoms with Crippen molar-refractivity contribution in [3.8, 4) is 0 Å². The molecule has 0 atom stereocenters. The molecule has 1 saturated heterocycles. The van der Waals surface area contributed by atoms with Crippen LogP contribution in [0.4, 0.5) is 0 Å². The van der Waals surface area contributed by atoms with Crippen LogP contribution in [-0.2, 0) is 12.3 Å². The van der Waals surface area contributed by atoms with Crippen LogP contribution >= 0.6 is 12.6 Å². The molecule has 0 bridgehead atoms. The Bertz CT molecular complexity index is 283. The maximum atomic E-state index is 5.09. The molecule has 0 aromatic carbocycles. The summed E-state index contributed by atoms with van der Waals surface area (Å²) in [7, 11) is 0. The SMILES string of the molecule is SCc1cc(CN2CCNCC2)no1. The van der Waals surface area contributed by atoms with Crippen molar-refractivity contribution in [2.45, 2.75) is 12.3 Å². The van der Waals surface area contributed by atoms with E-state index in [1.54, 1.807) is 0 Å². The van der Waals surface area contributed by atoms with Gasteiger partial charge in [-0.3, -0.25) is 4.90 Å². The van der Waals surface area contributed by atoms with Crippen molar-refractivity contribution >= 4 is 12.6 Å². The first kappa shape index (κ1) is 10.0. The van der Waals surface area contributed by atoms with Crippen LogP contribution in [0.3, 0.4) is 0 Å². The van der Waals surface area contributed by atoms with Gasteiger partial charge in [-0.05, 0) is 0 Å². The van der Waals surface area contributed by atoms with Gasteiger partial charge < -0.3 is 9.84 Å². The largest absolute Gasteiger partial charge is 0.360 e. The molecule has 1 aliphatic heterocycles. The lowest BCUT2D eigenvalue weighted by Crippen LogP contribution is -2.42. The molecule has 1 fully saturated rings. The molecular formula is C9H15N3OS. The first-order valence-corrected chi connectivity index (χ1v) is 5.50. The second-order valence-corrected chi connectivity index (χ2v) is 3.79. The van der Waals surface area contributed by atoms with E-state index in [-0.39, 0.29) is 0 Å². The highest BCUT2D eigenvalue weighted by atomic mass is 32.1. The van der Waals surface area contributed by atoms with Crippen molar-refractivity contribution in [3.63, 3.8) is 0 Å². The maximum Gasteiger partial charge on any atom is 0.146 e. The minimum Gasteiger partial charge on any atom is -0.360 e. The number of nitrogens with zero attached hydrogens (tertiary/aromatic N) is 2. The number of aromatic nitrogens is 1. The highest BCUT2D eigenvalue weighted by Gasteiger charge is 2.12. The average Bonchev–Trinajstić information content (AvgIpc) is 2.67. The lowest BCUT2D eigenvalue weighted by atomic mass is 10.3. The average molecular weight is 213 g/mol. The van der Waals surface area contributed by atoms with Gasteiger partial charge in [0.25, 0.3) is 0 Å². The Labute approximate surface area is 89.0 Å². The molecule has 14 heavy (non-hydrogen) atoms. The molecule has 1 N–H and O–H groups in total. The zero-order valence-corrected chi connectivity index (χ0v) is 8.96. The van der Waals surface area contributed by atoms with Crippen molar-refractivity contribution in [2.24, 2.45) is 0 Å². The van der Waals surface area contributed by atoms with Gasteiger partial charge in [-0.15, -0.1) is 0 Å². The molecule has 2 heterocycles. The molecule has 5 heteroatoms. The van der Waals surface area contributed by atoms with E-state index < -0.39 is 0 Å². The van der Waals surface area contributed by atoms with Crippen molar-refractivity contribution in [1.82, 2.24) is 15.4 Å². The first-order chi connectivity index (χ1) is 6.88.